The van der Waals surface area contributed by atoms with Crippen molar-refractivity contribution in [1.29, 1.82) is 0 Å². The largest absolute Gasteiger partial charge is 0.466 e. The van der Waals surface area contributed by atoms with E-state index < -0.39 is 0 Å². The van der Waals surface area contributed by atoms with Gasteiger partial charge in [0, 0.05) is 5.56 Å². The van der Waals surface area contributed by atoms with Crippen LogP contribution in [0.2, 0.25) is 0 Å². The van der Waals surface area contributed by atoms with E-state index in [9.17, 15) is 0 Å². The molecule has 0 spiro atoms. The second kappa shape index (κ2) is 4.72. The lowest BCUT2D eigenvalue weighted by Gasteiger charge is -2.19. The van der Waals surface area contributed by atoms with Gasteiger partial charge < -0.3 is 4.74 Å². The number of aromatic nitrogens is 3. The predicted octanol–water partition coefficient (Wildman–Crippen LogP) is 2.84. The van der Waals surface area contributed by atoms with Crippen LogP contribution in [0, 0.1) is 0 Å². The molecule has 0 unspecified atom stereocenters. The summed E-state index contributed by atoms with van der Waals surface area (Å²) in [7, 11) is 1.53. The highest BCUT2D eigenvalue weighted by Crippen LogP contribution is 2.25. The van der Waals surface area contributed by atoms with Gasteiger partial charge in [-0.2, -0.15) is 10.1 Å². The molecule has 0 bridgehead atoms. The molecule has 0 fully saturated rings. The minimum absolute atomic E-state index is 0.153. The van der Waals surface area contributed by atoms with Gasteiger partial charge in [-0.15, -0.1) is 0 Å². The highest BCUT2D eigenvalue weighted by atomic mass is 16.5. The quantitative estimate of drug-likeness (QED) is 0.813. The van der Waals surface area contributed by atoms with Crippen molar-refractivity contribution in [2.75, 3.05) is 7.11 Å². The summed E-state index contributed by atoms with van der Waals surface area (Å²) in [4.78, 5) is 4.26. The van der Waals surface area contributed by atoms with Gasteiger partial charge in [0.2, 0.25) is 0 Å². The first-order valence-corrected chi connectivity index (χ1v) is 5.85. The number of benzene rings is 1. The standard InChI is InChI=1S/C14H17N3O/c1-14(2,3)11-7-5-10(6-8-11)12-9-15-17-13(16-12)18-4/h5-9H,1-4H3. The molecule has 1 aromatic carbocycles. The molecule has 0 N–H and O–H groups in total. The molecule has 0 saturated carbocycles. The van der Waals surface area contributed by atoms with Gasteiger partial charge in [0.1, 0.15) is 0 Å². The van der Waals surface area contributed by atoms with Crippen LogP contribution in [0.4, 0.5) is 0 Å². The predicted molar refractivity (Wildman–Crippen MR) is 70.5 cm³/mol. The fraction of sp³-hybridized carbons (Fsp3) is 0.357. The SMILES string of the molecule is COc1nncc(-c2ccc(C(C)(C)C)cc2)n1. The number of hydrogen-bond acceptors (Lipinski definition) is 4. The van der Waals surface area contributed by atoms with E-state index in [1.165, 1.54) is 12.7 Å². The maximum Gasteiger partial charge on any atom is 0.335 e. The summed E-state index contributed by atoms with van der Waals surface area (Å²) in [5, 5.41) is 7.62. The van der Waals surface area contributed by atoms with Gasteiger partial charge in [-0.05, 0) is 11.0 Å². The Hall–Kier alpha value is -1.97. The second-order valence-electron chi connectivity index (χ2n) is 5.16. The van der Waals surface area contributed by atoms with Crippen LogP contribution in [0.1, 0.15) is 26.3 Å². The molecule has 0 aliphatic carbocycles. The molecule has 1 heterocycles. The summed E-state index contributed by atoms with van der Waals surface area (Å²) in [5.74, 6) is 0. The molecular weight excluding hydrogens is 226 g/mol. The van der Waals surface area contributed by atoms with Crippen LogP contribution in [0.15, 0.2) is 30.5 Å². The van der Waals surface area contributed by atoms with Crippen molar-refractivity contribution >= 4 is 0 Å². The van der Waals surface area contributed by atoms with E-state index in [-0.39, 0.29) is 11.4 Å². The van der Waals surface area contributed by atoms with Crippen molar-refractivity contribution < 1.29 is 4.74 Å². The normalized spacial score (nSPS) is 11.3. The summed E-state index contributed by atoms with van der Waals surface area (Å²) < 4.78 is 4.97. The zero-order chi connectivity index (χ0) is 13.2. The fourth-order valence-electron chi connectivity index (χ4n) is 1.65. The van der Waals surface area contributed by atoms with E-state index >= 15 is 0 Å². The number of methoxy groups -OCH3 is 1. The Kier molecular flexibility index (Phi) is 3.28. The maximum absolute atomic E-state index is 4.97. The highest BCUT2D eigenvalue weighted by Gasteiger charge is 2.13. The molecule has 0 saturated heterocycles. The van der Waals surface area contributed by atoms with Gasteiger partial charge in [0.25, 0.3) is 0 Å². The molecule has 2 rings (SSSR count). The van der Waals surface area contributed by atoms with E-state index in [2.05, 4.69) is 48.1 Å². The molecule has 0 radical (unpaired) electrons. The molecular formula is C14H17N3O. The summed E-state index contributed by atoms with van der Waals surface area (Å²) in [6.45, 7) is 6.58. The van der Waals surface area contributed by atoms with Crippen LogP contribution < -0.4 is 4.74 Å². The molecule has 4 heteroatoms. The molecule has 94 valence electrons. The Bertz CT molecular complexity index is 529. The minimum Gasteiger partial charge on any atom is -0.466 e. The average molecular weight is 243 g/mol. The Balaban J connectivity index is 2.34. The first-order chi connectivity index (χ1) is 8.50. The van der Waals surface area contributed by atoms with Gasteiger partial charge in [0.15, 0.2) is 0 Å². The maximum atomic E-state index is 4.97. The van der Waals surface area contributed by atoms with Crippen LogP contribution in [0.25, 0.3) is 11.3 Å². The van der Waals surface area contributed by atoms with E-state index in [0.29, 0.717) is 0 Å². The Morgan fingerprint density at radius 2 is 1.72 bits per heavy atom. The molecule has 1 aromatic heterocycles. The number of ether oxygens (including phenoxy) is 1. The Morgan fingerprint density at radius 1 is 1.06 bits per heavy atom. The van der Waals surface area contributed by atoms with Crippen molar-refractivity contribution in [3.63, 3.8) is 0 Å². The minimum atomic E-state index is 0.153. The van der Waals surface area contributed by atoms with Crippen molar-refractivity contribution in [3.05, 3.63) is 36.0 Å². The van der Waals surface area contributed by atoms with Crippen molar-refractivity contribution in [3.8, 4) is 17.3 Å². The first-order valence-electron chi connectivity index (χ1n) is 5.85. The topological polar surface area (TPSA) is 47.9 Å². The second-order valence-corrected chi connectivity index (χ2v) is 5.16. The van der Waals surface area contributed by atoms with E-state index in [4.69, 9.17) is 4.74 Å². The third-order valence-electron chi connectivity index (χ3n) is 2.77. The molecule has 0 aliphatic rings. The summed E-state index contributed by atoms with van der Waals surface area (Å²) in [6, 6.07) is 8.61. The van der Waals surface area contributed by atoms with Crippen molar-refractivity contribution in [2.45, 2.75) is 26.2 Å². The lowest BCUT2D eigenvalue weighted by molar-refractivity contribution is 0.374. The first kappa shape index (κ1) is 12.5. The Labute approximate surface area is 107 Å². The summed E-state index contributed by atoms with van der Waals surface area (Å²) in [5.41, 5.74) is 3.22. The van der Waals surface area contributed by atoms with Crippen molar-refractivity contribution in [1.82, 2.24) is 15.2 Å². The lowest BCUT2D eigenvalue weighted by atomic mass is 9.86. The van der Waals surface area contributed by atoms with E-state index in [0.717, 1.165) is 11.3 Å². The molecule has 0 amide bonds. The van der Waals surface area contributed by atoms with E-state index in [1.54, 1.807) is 6.20 Å². The number of rotatable bonds is 2. The number of nitrogens with zero attached hydrogens (tertiary/aromatic N) is 3. The molecule has 0 aliphatic heterocycles. The van der Waals surface area contributed by atoms with Crippen LogP contribution in [-0.4, -0.2) is 22.3 Å². The zero-order valence-corrected chi connectivity index (χ0v) is 11.1. The fourth-order valence-corrected chi connectivity index (χ4v) is 1.65. The number of hydrogen-bond donors (Lipinski definition) is 0. The van der Waals surface area contributed by atoms with Crippen LogP contribution >= 0.6 is 0 Å². The zero-order valence-electron chi connectivity index (χ0n) is 11.1. The monoisotopic (exact) mass is 243 g/mol. The summed E-state index contributed by atoms with van der Waals surface area (Å²) in [6.07, 6.45) is 1.63. The van der Waals surface area contributed by atoms with Gasteiger partial charge >= 0.3 is 6.01 Å². The van der Waals surface area contributed by atoms with Gasteiger partial charge in [-0.25, -0.2) is 0 Å². The molecule has 0 atom stereocenters. The molecule has 18 heavy (non-hydrogen) atoms. The molecule has 4 nitrogen and oxygen atoms in total. The van der Waals surface area contributed by atoms with Gasteiger partial charge in [-0.1, -0.05) is 50.1 Å². The highest BCUT2D eigenvalue weighted by molar-refractivity contribution is 5.58. The van der Waals surface area contributed by atoms with Crippen molar-refractivity contribution in [2.24, 2.45) is 0 Å². The van der Waals surface area contributed by atoms with E-state index in [1.807, 2.05) is 12.1 Å². The summed E-state index contributed by atoms with van der Waals surface area (Å²) >= 11 is 0. The third kappa shape index (κ3) is 2.64. The lowest BCUT2D eigenvalue weighted by Crippen LogP contribution is -2.10. The third-order valence-corrected chi connectivity index (χ3v) is 2.77. The Morgan fingerprint density at radius 3 is 2.28 bits per heavy atom. The van der Waals surface area contributed by atoms with Crippen LogP contribution in [-0.2, 0) is 5.41 Å². The van der Waals surface area contributed by atoms with Crippen LogP contribution in [0.5, 0.6) is 6.01 Å². The van der Waals surface area contributed by atoms with Gasteiger partial charge in [0.05, 0.1) is 19.0 Å². The average Bonchev–Trinajstić information content (AvgIpc) is 2.38. The molecule has 2 aromatic rings. The van der Waals surface area contributed by atoms with Gasteiger partial charge in [-0.3, -0.25) is 0 Å². The van der Waals surface area contributed by atoms with Crippen LogP contribution in [0.3, 0.4) is 0 Å². The smallest absolute Gasteiger partial charge is 0.335 e.